The Labute approximate surface area is 231 Å². The Bertz CT molecular complexity index is 1200. The molecule has 1 fully saturated rings. The fourth-order valence-corrected chi connectivity index (χ4v) is 4.97. The molecule has 0 amide bonds. The highest BCUT2D eigenvalue weighted by Crippen LogP contribution is 2.40. The van der Waals surface area contributed by atoms with E-state index in [2.05, 4.69) is 6.92 Å². The number of ether oxygens (including phenoxy) is 4. The van der Waals surface area contributed by atoms with E-state index in [-0.39, 0.29) is 18.3 Å². The summed E-state index contributed by atoms with van der Waals surface area (Å²) in [5, 5.41) is 18.5. The molecule has 204 valence electrons. The van der Waals surface area contributed by atoms with Gasteiger partial charge in [0.05, 0.1) is 50.4 Å². The van der Waals surface area contributed by atoms with Crippen LogP contribution in [0.1, 0.15) is 42.9 Å². The van der Waals surface area contributed by atoms with Gasteiger partial charge < -0.3 is 24.1 Å². The van der Waals surface area contributed by atoms with Crippen LogP contribution in [0.15, 0.2) is 103 Å². The van der Waals surface area contributed by atoms with E-state index in [4.69, 9.17) is 18.9 Å². The first-order chi connectivity index (χ1) is 19.1. The zero-order chi connectivity index (χ0) is 27.3. The molecule has 1 aliphatic rings. The number of benzene rings is 3. The zero-order valence-electron chi connectivity index (χ0n) is 22.4. The molecule has 3 aromatic rings. The van der Waals surface area contributed by atoms with Crippen molar-refractivity contribution in [2.75, 3.05) is 6.61 Å². The van der Waals surface area contributed by atoms with Crippen molar-refractivity contribution in [1.29, 1.82) is 5.26 Å². The SMILES string of the molecule is C[C@]1(OCc2ccccc2)C(CCC/C(C#N)=C/O)O[C@H](COCc2ccccc2)[C@H]1OCc1ccccc1. The van der Waals surface area contributed by atoms with Crippen LogP contribution >= 0.6 is 0 Å². The van der Waals surface area contributed by atoms with Gasteiger partial charge in [-0.2, -0.15) is 5.26 Å². The summed E-state index contributed by atoms with van der Waals surface area (Å²) in [6, 6.07) is 32.2. The Kier molecular flexibility index (Phi) is 10.7. The molecule has 4 atom stereocenters. The molecule has 0 bridgehead atoms. The average molecular weight is 528 g/mol. The van der Waals surface area contributed by atoms with E-state index in [1.54, 1.807) is 0 Å². The number of hydrogen-bond donors (Lipinski definition) is 1. The first kappa shape index (κ1) is 28.5. The molecule has 0 aliphatic carbocycles. The maximum Gasteiger partial charge on any atom is 0.121 e. The molecule has 39 heavy (non-hydrogen) atoms. The molecule has 0 saturated carbocycles. The van der Waals surface area contributed by atoms with Gasteiger partial charge in [-0.3, -0.25) is 0 Å². The molecule has 0 radical (unpaired) electrons. The summed E-state index contributed by atoms with van der Waals surface area (Å²) in [4.78, 5) is 0. The van der Waals surface area contributed by atoms with Crippen molar-refractivity contribution in [2.24, 2.45) is 0 Å². The highest BCUT2D eigenvalue weighted by atomic mass is 16.6. The highest BCUT2D eigenvalue weighted by Gasteiger charge is 2.55. The van der Waals surface area contributed by atoms with Crippen LogP contribution < -0.4 is 0 Å². The fourth-order valence-electron chi connectivity index (χ4n) is 4.97. The number of allylic oxidation sites excluding steroid dienone is 1. The van der Waals surface area contributed by atoms with Crippen LogP contribution in [0, 0.1) is 11.3 Å². The van der Waals surface area contributed by atoms with E-state index in [0.29, 0.717) is 51.3 Å². The lowest BCUT2D eigenvalue weighted by atomic mass is 9.89. The quantitative estimate of drug-likeness (QED) is 0.186. The molecule has 1 N–H and O–H groups in total. The van der Waals surface area contributed by atoms with Crippen LogP contribution in [0.25, 0.3) is 0 Å². The predicted octanol–water partition coefficient (Wildman–Crippen LogP) is 6.67. The number of nitriles is 1. The third kappa shape index (κ3) is 8.01. The number of nitrogens with zero attached hydrogens (tertiary/aromatic N) is 1. The average Bonchev–Trinajstić information content (AvgIpc) is 3.25. The van der Waals surface area contributed by atoms with Crippen molar-refractivity contribution in [3.63, 3.8) is 0 Å². The molecule has 4 rings (SSSR count). The van der Waals surface area contributed by atoms with E-state index in [0.717, 1.165) is 23.0 Å². The van der Waals surface area contributed by atoms with Gasteiger partial charge in [0.25, 0.3) is 0 Å². The van der Waals surface area contributed by atoms with Crippen molar-refractivity contribution in [1.82, 2.24) is 0 Å². The second-order valence-corrected chi connectivity index (χ2v) is 10.00. The van der Waals surface area contributed by atoms with Gasteiger partial charge >= 0.3 is 0 Å². The third-order valence-electron chi connectivity index (χ3n) is 7.15. The van der Waals surface area contributed by atoms with Crippen LogP contribution in [-0.2, 0) is 38.8 Å². The summed E-state index contributed by atoms with van der Waals surface area (Å²) < 4.78 is 26.0. The second kappa shape index (κ2) is 14.6. The topological polar surface area (TPSA) is 80.9 Å². The summed E-state index contributed by atoms with van der Waals surface area (Å²) in [7, 11) is 0. The predicted molar refractivity (Wildman–Crippen MR) is 150 cm³/mol. The monoisotopic (exact) mass is 527 g/mol. The Balaban J connectivity index is 1.53. The van der Waals surface area contributed by atoms with Crippen molar-refractivity contribution in [2.45, 2.75) is 69.9 Å². The summed E-state index contributed by atoms with van der Waals surface area (Å²) in [5.74, 6) is 0. The van der Waals surface area contributed by atoms with Crippen LogP contribution in [-0.4, -0.2) is 35.6 Å². The van der Waals surface area contributed by atoms with E-state index in [9.17, 15) is 10.4 Å². The Morgan fingerprint density at radius 2 is 1.46 bits per heavy atom. The van der Waals surface area contributed by atoms with Crippen molar-refractivity contribution in [3.8, 4) is 6.07 Å². The Morgan fingerprint density at radius 3 is 2.03 bits per heavy atom. The largest absolute Gasteiger partial charge is 0.515 e. The Hall–Kier alpha value is -3.47. The van der Waals surface area contributed by atoms with Crippen molar-refractivity contribution < 1.29 is 24.1 Å². The molecule has 3 aromatic carbocycles. The zero-order valence-corrected chi connectivity index (χ0v) is 22.4. The minimum Gasteiger partial charge on any atom is -0.515 e. The van der Waals surface area contributed by atoms with Crippen molar-refractivity contribution in [3.05, 3.63) is 120 Å². The molecular formula is C33H37NO5. The molecule has 6 nitrogen and oxygen atoms in total. The molecular weight excluding hydrogens is 490 g/mol. The van der Waals surface area contributed by atoms with Gasteiger partial charge in [0.2, 0.25) is 0 Å². The summed E-state index contributed by atoms with van der Waals surface area (Å²) in [6.45, 7) is 3.73. The smallest absolute Gasteiger partial charge is 0.121 e. The minimum absolute atomic E-state index is 0.286. The third-order valence-corrected chi connectivity index (χ3v) is 7.15. The van der Waals surface area contributed by atoms with Gasteiger partial charge in [-0.15, -0.1) is 0 Å². The molecule has 1 saturated heterocycles. The van der Waals surface area contributed by atoms with E-state index < -0.39 is 5.60 Å². The van der Waals surface area contributed by atoms with Gasteiger partial charge in [-0.25, -0.2) is 0 Å². The summed E-state index contributed by atoms with van der Waals surface area (Å²) in [6.07, 6.45) is 1.64. The van der Waals surface area contributed by atoms with Crippen LogP contribution in [0.2, 0.25) is 0 Å². The summed E-state index contributed by atoms with van der Waals surface area (Å²) in [5.41, 5.74) is 2.82. The highest BCUT2D eigenvalue weighted by molar-refractivity contribution is 5.18. The molecule has 1 heterocycles. The van der Waals surface area contributed by atoms with Gasteiger partial charge in [-0.1, -0.05) is 91.0 Å². The molecule has 0 spiro atoms. The Morgan fingerprint density at radius 1 is 0.897 bits per heavy atom. The van der Waals surface area contributed by atoms with Crippen LogP contribution in [0.3, 0.4) is 0 Å². The van der Waals surface area contributed by atoms with Gasteiger partial charge in [0.1, 0.15) is 17.8 Å². The number of aliphatic hydroxyl groups excluding tert-OH is 1. The first-order valence-corrected chi connectivity index (χ1v) is 13.5. The molecule has 0 aromatic heterocycles. The normalized spacial score (nSPS) is 23.0. The maximum absolute atomic E-state index is 9.31. The summed E-state index contributed by atoms with van der Waals surface area (Å²) >= 11 is 0. The molecule has 1 aliphatic heterocycles. The van der Waals surface area contributed by atoms with Gasteiger partial charge in [0.15, 0.2) is 0 Å². The lowest BCUT2D eigenvalue weighted by molar-refractivity contribution is -0.147. The first-order valence-electron chi connectivity index (χ1n) is 13.5. The van der Waals surface area contributed by atoms with E-state index in [1.807, 2.05) is 97.1 Å². The second-order valence-electron chi connectivity index (χ2n) is 10.00. The van der Waals surface area contributed by atoms with Gasteiger partial charge in [0, 0.05) is 0 Å². The number of rotatable bonds is 14. The minimum atomic E-state index is -0.763. The lowest BCUT2D eigenvalue weighted by Gasteiger charge is -2.35. The maximum atomic E-state index is 9.31. The van der Waals surface area contributed by atoms with Gasteiger partial charge in [-0.05, 0) is 42.9 Å². The molecule has 6 heteroatoms. The van der Waals surface area contributed by atoms with Crippen LogP contribution in [0.5, 0.6) is 0 Å². The van der Waals surface area contributed by atoms with Crippen molar-refractivity contribution >= 4 is 0 Å². The van der Waals surface area contributed by atoms with E-state index >= 15 is 0 Å². The fraction of sp³-hybridized carbons (Fsp3) is 0.364. The standard InChI is InChI=1S/C33H37NO5/c1-33(38-24-28-16-9-4-10-17-28)31(19-11-18-29(20-34)21-35)39-30(25-36-22-26-12-5-2-6-13-26)32(33)37-23-27-14-7-3-8-15-27/h2-10,12-17,21,30-32,35H,11,18-19,22-25H2,1H3/b29-21-/t30-,31?,32-,33+/m1/s1. The molecule has 1 unspecified atom stereocenters. The number of aliphatic hydroxyl groups is 1. The number of hydrogen-bond acceptors (Lipinski definition) is 6. The lowest BCUT2D eigenvalue weighted by Crippen LogP contribution is -2.49. The van der Waals surface area contributed by atoms with Crippen LogP contribution in [0.4, 0.5) is 0 Å². The van der Waals surface area contributed by atoms with E-state index in [1.165, 1.54) is 0 Å².